The van der Waals surface area contributed by atoms with E-state index in [4.69, 9.17) is 44.0 Å². The Hall–Kier alpha value is -3.05. The van der Waals surface area contributed by atoms with Crippen molar-refractivity contribution < 1.29 is 18.7 Å². The number of ether oxygens (including phenoxy) is 1. The number of benzene rings is 3. The fourth-order valence-electron chi connectivity index (χ4n) is 3.58. The molecule has 4 rings (SSSR count). The minimum absolute atomic E-state index is 0.0633. The van der Waals surface area contributed by atoms with Crippen molar-refractivity contribution in [2.75, 3.05) is 6.61 Å². The van der Waals surface area contributed by atoms with Crippen LogP contribution in [0.3, 0.4) is 0 Å². The van der Waals surface area contributed by atoms with Crippen LogP contribution in [0.1, 0.15) is 46.0 Å². The van der Waals surface area contributed by atoms with Crippen molar-refractivity contribution in [1.82, 2.24) is 0 Å². The van der Waals surface area contributed by atoms with Crippen molar-refractivity contribution in [3.8, 4) is 22.6 Å². The molecule has 4 nitrogen and oxygen atoms in total. The number of esters is 1. The van der Waals surface area contributed by atoms with E-state index in [1.165, 1.54) is 0 Å². The molecular weight excluding hydrogens is 507 g/mol. The summed E-state index contributed by atoms with van der Waals surface area (Å²) in [6.07, 6.45) is 1.56. The van der Waals surface area contributed by atoms with Crippen LogP contribution in [0.4, 0.5) is 0 Å². The van der Waals surface area contributed by atoms with Crippen LogP contribution in [0.25, 0.3) is 22.6 Å². The van der Waals surface area contributed by atoms with Gasteiger partial charge in [0.2, 0.25) is 0 Å². The highest BCUT2D eigenvalue weighted by atomic mass is 35.5. The van der Waals surface area contributed by atoms with Crippen LogP contribution >= 0.6 is 34.8 Å². The summed E-state index contributed by atoms with van der Waals surface area (Å²) in [5.74, 6) is -0.554. The predicted molar refractivity (Wildman–Crippen MR) is 140 cm³/mol. The Morgan fingerprint density at radius 2 is 1.17 bits per heavy atom. The van der Waals surface area contributed by atoms with Crippen molar-refractivity contribution >= 4 is 46.6 Å². The quantitative estimate of drug-likeness (QED) is 0.131. The summed E-state index contributed by atoms with van der Waals surface area (Å²) in [5, 5.41) is 1.55. The van der Waals surface area contributed by atoms with Crippen molar-refractivity contribution in [3.63, 3.8) is 0 Å². The first-order chi connectivity index (χ1) is 16.9. The standard InChI is InChI=1S/C28H21Cl3O4/c1-2-3-16-34-28(33)24-23(25(32)17-4-10-20(29)11-5-17)26(18-6-12-21(30)13-7-18)35-27(24)19-8-14-22(31)15-9-19/h4-15H,2-3,16H2,1H3. The third-order valence-corrected chi connectivity index (χ3v) is 6.15. The monoisotopic (exact) mass is 526 g/mol. The maximum atomic E-state index is 13.8. The molecule has 0 saturated carbocycles. The van der Waals surface area contributed by atoms with E-state index in [9.17, 15) is 9.59 Å². The first-order valence-electron chi connectivity index (χ1n) is 11.0. The number of rotatable bonds is 8. The summed E-state index contributed by atoms with van der Waals surface area (Å²) in [7, 11) is 0. The zero-order valence-corrected chi connectivity index (χ0v) is 21.1. The largest absolute Gasteiger partial charge is 0.462 e. The highest BCUT2D eigenvalue weighted by molar-refractivity contribution is 6.31. The summed E-state index contributed by atoms with van der Waals surface area (Å²) in [5.41, 5.74) is 1.71. The van der Waals surface area contributed by atoms with E-state index in [1.807, 2.05) is 6.92 Å². The molecule has 0 spiro atoms. The topological polar surface area (TPSA) is 56.5 Å². The normalized spacial score (nSPS) is 10.9. The third kappa shape index (κ3) is 5.62. The van der Waals surface area contributed by atoms with Crippen LogP contribution < -0.4 is 0 Å². The SMILES string of the molecule is CCCCOC(=O)c1c(-c2ccc(Cl)cc2)oc(-c2ccc(Cl)cc2)c1C(=O)c1ccc(Cl)cc1. The Bertz CT molecular complexity index is 1340. The Balaban J connectivity index is 1.97. The van der Waals surface area contributed by atoms with Gasteiger partial charge in [-0.25, -0.2) is 4.79 Å². The van der Waals surface area contributed by atoms with Crippen molar-refractivity contribution in [3.05, 3.63) is 105 Å². The van der Waals surface area contributed by atoms with E-state index in [-0.39, 0.29) is 29.3 Å². The van der Waals surface area contributed by atoms with Gasteiger partial charge in [-0.1, -0.05) is 48.1 Å². The number of ketones is 1. The van der Waals surface area contributed by atoms with Crippen LogP contribution in [-0.4, -0.2) is 18.4 Å². The second kappa shape index (κ2) is 11.1. The molecule has 0 N–H and O–H groups in total. The molecule has 0 saturated heterocycles. The molecule has 0 unspecified atom stereocenters. The summed E-state index contributed by atoms with van der Waals surface area (Å²) < 4.78 is 11.8. The maximum Gasteiger partial charge on any atom is 0.342 e. The van der Waals surface area contributed by atoms with E-state index in [1.54, 1.807) is 72.8 Å². The molecule has 0 aliphatic rings. The molecule has 0 bridgehead atoms. The summed E-state index contributed by atoms with van der Waals surface area (Å²) in [4.78, 5) is 27.2. The lowest BCUT2D eigenvalue weighted by atomic mass is 9.95. The van der Waals surface area contributed by atoms with E-state index < -0.39 is 11.8 Å². The van der Waals surface area contributed by atoms with Crippen LogP contribution in [0.5, 0.6) is 0 Å². The Morgan fingerprint density at radius 1 is 0.714 bits per heavy atom. The van der Waals surface area contributed by atoms with Crippen LogP contribution in [0.15, 0.2) is 77.2 Å². The molecule has 4 aromatic rings. The van der Waals surface area contributed by atoms with Gasteiger partial charge in [0.1, 0.15) is 17.1 Å². The highest BCUT2D eigenvalue weighted by Gasteiger charge is 2.33. The number of hydrogen-bond acceptors (Lipinski definition) is 4. The van der Waals surface area contributed by atoms with Gasteiger partial charge < -0.3 is 9.15 Å². The van der Waals surface area contributed by atoms with Crippen molar-refractivity contribution in [1.29, 1.82) is 0 Å². The van der Waals surface area contributed by atoms with Gasteiger partial charge in [-0.3, -0.25) is 4.79 Å². The number of carbonyl (C=O) groups is 2. The van der Waals surface area contributed by atoms with E-state index >= 15 is 0 Å². The zero-order chi connectivity index (χ0) is 24.9. The van der Waals surface area contributed by atoms with E-state index in [2.05, 4.69) is 0 Å². The van der Waals surface area contributed by atoms with Gasteiger partial charge in [0.25, 0.3) is 0 Å². The number of hydrogen-bond donors (Lipinski definition) is 0. The first kappa shape index (κ1) is 25.1. The lowest BCUT2D eigenvalue weighted by Crippen LogP contribution is -2.13. The van der Waals surface area contributed by atoms with Crippen molar-refractivity contribution in [2.45, 2.75) is 19.8 Å². The minimum Gasteiger partial charge on any atom is -0.462 e. The molecule has 1 aromatic heterocycles. The minimum atomic E-state index is -0.635. The second-order valence-electron chi connectivity index (χ2n) is 7.85. The van der Waals surface area contributed by atoms with Gasteiger partial charge in [-0.05, 0) is 79.2 Å². The molecule has 0 amide bonds. The molecule has 3 aromatic carbocycles. The molecule has 0 aliphatic heterocycles. The fraction of sp³-hybridized carbons (Fsp3) is 0.143. The van der Waals surface area contributed by atoms with Gasteiger partial charge in [0, 0.05) is 31.8 Å². The third-order valence-electron chi connectivity index (χ3n) is 5.39. The molecule has 35 heavy (non-hydrogen) atoms. The lowest BCUT2D eigenvalue weighted by Gasteiger charge is -2.08. The first-order valence-corrected chi connectivity index (χ1v) is 12.2. The summed E-state index contributed by atoms with van der Waals surface area (Å²) in [6.45, 7) is 2.23. The van der Waals surface area contributed by atoms with Gasteiger partial charge in [-0.15, -0.1) is 0 Å². The van der Waals surface area contributed by atoms with Crippen LogP contribution in [-0.2, 0) is 4.74 Å². The Kier molecular flexibility index (Phi) is 7.97. The molecule has 0 atom stereocenters. The average molecular weight is 528 g/mol. The Morgan fingerprint density at radius 3 is 1.66 bits per heavy atom. The van der Waals surface area contributed by atoms with Crippen molar-refractivity contribution in [2.24, 2.45) is 0 Å². The average Bonchev–Trinajstić information content (AvgIpc) is 3.26. The predicted octanol–water partition coefficient (Wildman–Crippen LogP) is 8.76. The number of carbonyl (C=O) groups excluding carboxylic acids is 2. The molecule has 0 radical (unpaired) electrons. The number of furan rings is 1. The lowest BCUT2D eigenvalue weighted by molar-refractivity contribution is 0.0497. The van der Waals surface area contributed by atoms with E-state index in [0.717, 1.165) is 6.42 Å². The van der Waals surface area contributed by atoms with Gasteiger partial charge in [-0.2, -0.15) is 0 Å². The number of unbranched alkanes of at least 4 members (excludes halogenated alkanes) is 1. The van der Waals surface area contributed by atoms with Crippen LogP contribution in [0, 0.1) is 0 Å². The summed E-state index contributed by atoms with van der Waals surface area (Å²) in [6, 6.07) is 20.1. The molecule has 7 heteroatoms. The fourth-order valence-corrected chi connectivity index (χ4v) is 3.96. The van der Waals surface area contributed by atoms with Gasteiger partial charge >= 0.3 is 5.97 Å². The van der Waals surface area contributed by atoms with Gasteiger partial charge in [0.05, 0.1) is 12.2 Å². The Labute approximate surface area is 218 Å². The molecular formula is C28H21Cl3O4. The van der Waals surface area contributed by atoms with Crippen LogP contribution in [0.2, 0.25) is 15.1 Å². The second-order valence-corrected chi connectivity index (χ2v) is 9.16. The molecule has 178 valence electrons. The van der Waals surface area contributed by atoms with Gasteiger partial charge in [0.15, 0.2) is 5.78 Å². The maximum absolute atomic E-state index is 13.8. The molecule has 1 heterocycles. The molecule has 0 fully saturated rings. The summed E-state index contributed by atoms with van der Waals surface area (Å²) >= 11 is 18.2. The zero-order valence-electron chi connectivity index (χ0n) is 18.8. The highest BCUT2D eigenvalue weighted by Crippen LogP contribution is 2.40. The number of halogens is 3. The molecule has 0 aliphatic carbocycles. The smallest absolute Gasteiger partial charge is 0.342 e. The van der Waals surface area contributed by atoms with E-state index in [0.29, 0.717) is 38.2 Å².